The molecule has 186 valence electrons. The van der Waals surface area contributed by atoms with Crippen LogP contribution in [0.2, 0.25) is 5.02 Å². The third-order valence-corrected chi connectivity index (χ3v) is 6.48. The van der Waals surface area contributed by atoms with Crippen LogP contribution in [0, 0.1) is 0 Å². The van der Waals surface area contributed by atoms with E-state index in [0.29, 0.717) is 18.0 Å². The lowest BCUT2D eigenvalue weighted by Gasteiger charge is -2.21. The van der Waals surface area contributed by atoms with E-state index >= 15 is 0 Å². The van der Waals surface area contributed by atoms with Crippen molar-refractivity contribution < 1.29 is 14.7 Å². The molecular formula is C29H40ClNO3. The maximum atomic E-state index is 12.2. The summed E-state index contributed by atoms with van der Waals surface area (Å²) in [5.74, 6) is -2.31. The SMILES string of the molecule is CCCCCCCCCCCCc1ccc(CN(CCc2cccc(Cl)c2)C(=O)C(=O)O)cc1. The number of nitrogens with zero attached hydrogens (tertiary/aromatic N) is 1. The van der Waals surface area contributed by atoms with Gasteiger partial charge >= 0.3 is 11.9 Å². The maximum Gasteiger partial charge on any atom is 0.394 e. The van der Waals surface area contributed by atoms with Crippen LogP contribution in [0.4, 0.5) is 0 Å². The smallest absolute Gasteiger partial charge is 0.394 e. The highest BCUT2D eigenvalue weighted by Gasteiger charge is 2.21. The van der Waals surface area contributed by atoms with E-state index in [1.165, 1.54) is 74.7 Å². The van der Waals surface area contributed by atoms with Gasteiger partial charge in [-0.1, -0.05) is 113 Å². The Hall–Kier alpha value is -2.33. The number of carboxylic acids is 1. The van der Waals surface area contributed by atoms with Crippen LogP contribution in [0.1, 0.15) is 87.8 Å². The molecule has 0 heterocycles. The van der Waals surface area contributed by atoms with Gasteiger partial charge in [0, 0.05) is 18.1 Å². The molecule has 0 unspecified atom stereocenters. The van der Waals surface area contributed by atoms with Gasteiger partial charge in [-0.15, -0.1) is 0 Å². The molecule has 0 saturated carbocycles. The number of hydrogen-bond donors (Lipinski definition) is 1. The molecular weight excluding hydrogens is 446 g/mol. The Morgan fingerprint density at radius 2 is 1.35 bits per heavy atom. The van der Waals surface area contributed by atoms with Crippen LogP contribution in [0.15, 0.2) is 48.5 Å². The molecule has 2 aromatic carbocycles. The van der Waals surface area contributed by atoms with Crippen molar-refractivity contribution in [1.29, 1.82) is 0 Å². The molecule has 0 fully saturated rings. The second-order valence-corrected chi connectivity index (χ2v) is 9.60. The Kier molecular flexibility index (Phi) is 13.4. The van der Waals surface area contributed by atoms with Gasteiger partial charge in [-0.3, -0.25) is 4.79 Å². The molecule has 4 nitrogen and oxygen atoms in total. The summed E-state index contributed by atoms with van der Waals surface area (Å²) in [6.45, 7) is 2.86. The van der Waals surface area contributed by atoms with E-state index in [4.69, 9.17) is 11.6 Å². The third kappa shape index (κ3) is 11.2. The summed E-state index contributed by atoms with van der Waals surface area (Å²) >= 11 is 6.03. The average molecular weight is 486 g/mol. The fourth-order valence-electron chi connectivity index (χ4n) is 4.19. The van der Waals surface area contributed by atoms with E-state index in [1.54, 1.807) is 6.07 Å². The highest BCUT2D eigenvalue weighted by molar-refractivity contribution is 6.31. The largest absolute Gasteiger partial charge is 0.474 e. The number of benzene rings is 2. The van der Waals surface area contributed by atoms with E-state index < -0.39 is 11.9 Å². The van der Waals surface area contributed by atoms with E-state index in [0.717, 1.165) is 17.5 Å². The van der Waals surface area contributed by atoms with Crippen molar-refractivity contribution in [1.82, 2.24) is 4.90 Å². The Labute approximate surface area is 210 Å². The Balaban J connectivity index is 1.74. The lowest BCUT2D eigenvalue weighted by Crippen LogP contribution is -2.37. The first-order valence-electron chi connectivity index (χ1n) is 12.8. The van der Waals surface area contributed by atoms with E-state index in [1.807, 2.05) is 30.3 Å². The van der Waals surface area contributed by atoms with Crippen molar-refractivity contribution in [2.24, 2.45) is 0 Å². The van der Waals surface area contributed by atoms with Crippen molar-refractivity contribution >= 4 is 23.5 Å². The first-order valence-corrected chi connectivity index (χ1v) is 13.2. The fourth-order valence-corrected chi connectivity index (χ4v) is 4.41. The Morgan fingerprint density at radius 1 is 0.765 bits per heavy atom. The number of aliphatic carboxylic acids is 1. The normalized spacial score (nSPS) is 10.9. The van der Waals surface area contributed by atoms with Gasteiger partial charge in [0.05, 0.1) is 0 Å². The summed E-state index contributed by atoms with van der Waals surface area (Å²) in [5.41, 5.74) is 3.20. The van der Waals surface area contributed by atoms with E-state index in [2.05, 4.69) is 19.1 Å². The van der Waals surface area contributed by atoms with E-state index in [9.17, 15) is 14.7 Å². The first kappa shape index (κ1) is 27.9. The number of carboxylic acid groups (broad SMARTS) is 1. The molecule has 0 aliphatic rings. The lowest BCUT2D eigenvalue weighted by molar-refractivity contribution is -0.156. The molecule has 2 rings (SSSR count). The minimum absolute atomic E-state index is 0.282. The van der Waals surface area contributed by atoms with Crippen LogP contribution in [0.25, 0.3) is 0 Å². The molecule has 1 N–H and O–H groups in total. The quantitative estimate of drug-likeness (QED) is 0.198. The number of rotatable bonds is 16. The molecule has 0 atom stereocenters. The summed E-state index contributed by atoms with van der Waals surface area (Å²) in [4.78, 5) is 24.9. The lowest BCUT2D eigenvalue weighted by atomic mass is 10.0. The van der Waals surface area contributed by atoms with Gasteiger partial charge in [-0.05, 0) is 48.1 Å². The van der Waals surface area contributed by atoms with Gasteiger partial charge in [0.25, 0.3) is 0 Å². The molecule has 34 heavy (non-hydrogen) atoms. The van der Waals surface area contributed by atoms with Crippen LogP contribution in [-0.4, -0.2) is 28.4 Å². The fraction of sp³-hybridized carbons (Fsp3) is 0.517. The van der Waals surface area contributed by atoms with Crippen LogP contribution in [-0.2, 0) is 29.0 Å². The molecule has 1 amide bonds. The minimum atomic E-state index is -1.43. The predicted molar refractivity (Wildman–Crippen MR) is 140 cm³/mol. The topological polar surface area (TPSA) is 57.6 Å². The number of unbranched alkanes of at least 4 members (excludes halogenated alkanes) is 9. The zero-order valence-electron chi connectivity index (χ0n) is 20.6. The van der Waals surface area contributed by atoms with Crippen LogP contribution >= 0.6 is 11.6 Å². The van der Waals surface area contributed by atoms with Crippen molar-refractivity contribution in [3.05, 3.63) is 70.2 Å². The molecule has 0 aliphatic heterocycles. The average Bonchev–Trinajstić information content (AvgIpc) is 2.83. The molecule has 0 bridgehead atoms. The highest BCUT2D eigenvalue weighted by Crippen LogP contribution is 2.15. The number of hydrogen-bond acceptors (Lipinski definition) is 2. The predicted octanol–water partition coefficient (Wildman–Crippen LogP) is 7.46. The summed E-state index contributed by atoms with van der Waals surface area (Å²) in [6, 6.07) is 15.6. The van der Waals surface area contributed by atoms with Crippen molar-refractivity contribution in [3.63, 3.8) is 0 Å². The molecule has 0 radical (unpaired) electrons. The molecule has 2 aromatic rings. The summed E-state index contributed by atoms with van der Waals surface area (Å²) < 4.78 is 0. The molecule has 0 saturated heterocycles. The van der Waals surface area contributed by atoms with Gasteiger partial charge < -0.3 is 10.0 Å². The summed E-state index contributed by atoms with van der Waals surface area (Å²) in [6.07, 6.45) is 14.9. The zero-order chi connectivity index (χ0) is 24.6. The first-order chi connectivity index (χ1) is 16.5. The number of carbonyl (C=O) groups excluding carboxylic acids is 1. The van der Waals surface area contributed by atoms with Crippen molar-refractivity contribution in [2.75, 3.05) is 6.54 Å². The Morgan fingerprint density at radius 3 is 1.94 bits per heavy atom. The third-order valence-electron chi connectivity index (χ3n) is 6.25. The molecule has 0 aromatic heterocycles. The summed E-state index contributed by atoms with van der Waals surface area (Å²) in [5, 5.41) is 9.86. The van der Waals surface area contributed by atoms with Crippen LogP contribution in [0.5, 0.6) is 0 Å². The molecule has 5 heteroatoms. The van der Waals surface area contributed by atoms with Gasteiger partial charge in [0.2, 0.25) is 0 Å². The van der Waals surface area contributed by atoms with Gasteiger partial charge in [-0.25, -0.2) is 4.79 Å². The minimum Gasteiger partial charge on any atom is -0.474 e. The standard InChI is InChI=1S/C29H40ClNO3/c1-2-3-4-5-6-7-8-9-10-11-13-24-16-18-26(19-17-24)23-31(28(32)29(33)34)21-20-25-14-12-15-27(30)22-25/h12,14-19,22H,2-11,13,20-21,23H2,1H3,(H,33,34). The van der Waals surface area contributed by atoms with Crippen molar-refractivity contribution in [3.8, 4) is 0 Å². The summed E-state index contributed by atoms with van der Waals surface area (Å²) in [7, 11) is 0. The van der Waals surface area contributed by atoms with Gasteiger partial charge in [0.15, 0.2) is 0 Å². The second kappa shape index (κ2) is 16.3. The highest BCUT2D eigenvalue weighted by atomic mass is 35.5. The Bertz CT molecular complexity index is 866. The number of halogens is 1. The second-order valence-electron chi connectivity index (χ2n) is 9.16. The zero-order valence-corrected chi connectivity index (χ0v) is 21.4. The number of carbonyl (C=O) groups is 2. The van der Waals surface area contributed by atoms with Crippen LogP contribution in [0.3, 0.4) is 0 Å². The monoisotopic (exact) mass is 485 g/mol. The van der Waals surface area contributed by atoms with Gasteiger partial charge in [0.1, 0.15) is 0 Å². The van der Waals surface area contributed by atoms with Gasteiger partial charge in [-0.2, -0.15) is 0 Å². The number of amides is 1. The maximum absolute atomic E-state index is 12.2. The van der Waals surface area contributed by atoms with E-state index in [-0.39, 0.29) is 6.54 Å². The molecule has 0 aliphatic carbocycles. The van der Waals surface area contributed by atoms with Crippen LogP contribution < -0.4 is 0 Å². The molecule has 0 spiro atoms. The number of aryl methyl sites for hydroxylation is 1. The van der Waals surface area contributed by atoms with Crippen molar-refractivity contribution in [2.45, 2.75) is 90.5 Å².